The van der Waals surface area contributed by atoms with Crippen molar-refractivity contribution in [2.24, 2.45) is 7.05 Å². The summed E-state index contributed by atoms with van der Waals surface area (Å²) in [5.74, 6) is 0. The second kappa shape index (κ2) is 6.75. The fourth-order valence-electron chi connectivity index (χ4n) is 3.72. The zero-order valence-corrected chi connectivity index (χ0v) is 15.3. The van der Waals surface area contributed by atoms with E-state index < -0.39 is 5.60 Å². The van der Waals surface area contributed by atoms with Gasteiger partial charge >= 0.3 is 6.09 Å². The van der Waals surface area contributed by atoms with Gasteiger partial charge in [0.15, 0.2) is 0 Å². The minimum absolute atomic E-state index is 0.187. The summed E-state index contributed by atoms with van der Waals surface area (Å²) < 4.78 is 7.48. The van der Waals surface area contributed by atoms with E-state index in [1.807, 2.05) is 43.6 Å². The lowest BCUT2D eigenvalue weighted by molar-refractivity contribution is 0.0195. The van der Waals surface area contributed by atoms with Gasteiger partial charge in [0, 0.05) is 43.5 Å². The molecule has 0 spiro atoms. The number of nitrogens with zero attached hydrogens (tertiary/aromatic N) is 3. The molecule has 0 radical (unpaired) electrons. The molecule has 0 aromatic carbocycles. The summed E-state index contributed by atoms with van der Waals surface area (Å²) in [6.07, 6.45) is 7.29. The minimum Gasteiger partial charge on any atom is -0.444 e. The zero-order chi connectivity index (χ0) is 17.3. The fraction of sp³-hybridized carbons (Fsp3) is 0.778. The molecule has 2 heterocycles. The summed E-state index contributed by atoms with van der Waals surface area (Å²) in [4.78, 5) is 14.0. The standard InChI is InChI=1S/C18H30N4O2/c1-18(2,3)24-17(23)22-10-8-13(9-11-22)20-15-6-5-7-16-14(15)12-19-21(16)4/h12-13,15,20H,5-11H2,1-4H3. The number of likely N-dealkylation sites (tertiary alicyclic amines) is 1. The lowest BCUT2D eigenvalue weighted by Gasteiger charge is -2.36. The topological polar surface area (TPSA) is 59.4 Å². The van der Waals surface area contributed by atoms with E-state index in [1.54, 1.807) is 0 Å². The van der Waals surface area contributed by atoms with Crippen LogP contribution in [0.2, 0.25) is 0 Å². The van der Waals surface area contributed by atoms with Crippen LogP contribution in [-0.2, 0) is 18.2 Å². The quantitative estimate of drug-likeness (QED) is 0.903. The van der Waals surface area contributed by atoms with Crippen molar-refractivity contribution in [1.82, 2.24) is 20.0 Å². The second-order valence-electron chi connectivity index (χ2n) is 8.02. The van der Waals surface area contributed by atoms with E-state index >= 15 is 0 Å². The number of hydrogen-bond acceptors (Lipinski definition) is 4. The average Bonchev–Trinajstić information content (AvgIpc) is 2.89. The lowest BCUT2D eigenvalue weighted by Crippen LogP contribution is -2.47. The molecule has 134 valence electrons. The first-order chi connectivity index (χ1) is 11.3. The highest BCUT2D eigenvalue weighted by Crippen LogP contribution is 2.30. The van der Waals surface area contributed by atoms with Gasteiger partial charge in [-0.15, -0.1) is 0 Å². The monoisotopic (exact) mass is 334 g/mol. The number of fused-ring (bicyclic) bond motifs is 1. The number of amides is 1. The second-order valence-corrected chi connectivity index (χ2v) is 8.02. The SMILES string of the molecule is Cn1ncc2c1CCCC2NC1CCN(C(=O)OC(C)(C)C)CC1. The number of aromatic nitrogens is 2. The highest BCUT2D eigenvalue weighted by molar-refractivity contribution is 5.68. The van der Waals surface area contributed by atoms with Crippen LogP contribution >= 0.6 is 0 Å². The van der Waals surface area contributed by atoms with Crippen molar-refractivity contribution in [2.75, 3.05) is 13.1 Å². The summed E-state index contributed by atoms with van der Waals surface area (Å²) in [6, 6.07) is 0.861. The first kappa shape index (κ1) is 17.3. The van der Waals surface area contributed by atoms with Crippen LogP contribution < -0.4 is 5.32 Å². The van der Waals surface area contributed by atoms with Crippen LogP contribution in [0.5, 0.6) is 0 Å². The van der Waals surface area contributed by atoms with Crippen LogP contribution in [0.3, 0.4) is 0 Å². The lowest BCUT2D eigenvalue weighted by atomic mass is 9.91. The third kappa shape index (κ3) is 3.91. The van der Waals surface area contributed by atoms with E-state index in [9.17, 15) is 4.79 Å². The van der Waals surface area contributed by atoms with Crippen LogP contribution in [-0.4, -0.2) is 45.5 Å². The van der Waals surface area contributed by atoms with Gasteiger partial charge in [-0.2, -0.15) is 5.10 Å². The fourth-order valence-corrected chi connectivity index (χ4v) is 3.72. The molecule has 1 fully saturated rings. The van der Waals surface area contributed by atoms with Gasteiger partial charge in [0.05, 0.1) is 6.20 Å². The van der Waals surface area contributed by atoms with Crippen molar-refractivity contribution in [2.45, 2.75) is 70.6 Å². The number of carbonyl (C=O) groups is 1. The van der Waals surface area contributed by atoms with Gasteiger partial charge in [0.25, 0.3) is 0 Å². The molecule has 1 N–H and O–H groups in total. The normalized spacial score (nSPS) is 22.3. The Kier molecular flexibility index (Phi) is 4.85. The molecule has 24 heavy (non-hydrogen) atoms. The molecule has 1 aromatic rings. The number of piperidine rings is 1. The Bertz CT molecular complexity index is 582. The molecule has 6 heteroatoms. The van der Waals surface area contributed by atoms with Gasteiger partial charge in [-0.25, -0.2) is 4.79 Å². The molecule has 3 rings (SSSR count). The average molecular weight is 334 g/mol. The van der Waals surface area contributed by atoms with Crippen LogP contribution in [0.4, 0.5) is 4.79 Å². The highest BCUT2D eigenvalue weighted by atomic mass is 16.6. The van der Waals surface area contributed by atoms with E-state index in [-0.39, 0.29) is 6.09 Å². The molecule has 2 aliphatic rings. The van der Waals surface area contributed by atoms with E-state index in [4.69, 9.17) is 4.74 Å². The molecule has 1 aromatic heterocycles. The Morgan fingerprint density at radius 1 is 1.29 bits per heavy atom. The third-order valence-corrected chi connectivity index (χ3v) is 4.96. The van der Waals surface area contributed by atoms with Gasteiger partial charge in [-0.3, -0.25) is 4.68 Å². The number of carbonyl (C=O) groups excluding carboxylic acids is 1. The van der Waals surface area contributed by atoms with Crippen molar-refractivity contribution in [1.29, 1.82) is 0 Å². The first-order valence-electron chi connectivity index (χ1n) is 9.08. The van der Waals surface area contributed by atoms with Gasteiger partial charge in [0.1, 0.15) is 5.60 Å². The van der Waals surface area contributed by atoms with Crippen LogP contribution in [0.15, 0.2) is 6.20 Å². The minimum atomic E-state index is -0.426. The number of nitrogens with one attached hydrogen (secondary N) is 1. The van der Waals surface area contributed by atoms with E-state index in [2.05, 4.69) is 10.4 Å². The summed E-state index contributed by atoms with van der Waals surface area (Å²) >= 11 is 0. The van der Waals surface area contributed by atoms with Gasteiger partial charge in [-0.1, -0.05) is 0 Å². The van der Waals surface area contributed by atoms with Crippen molar-refractivity contribution in [3.8, 4) is 0 Å². The number of rotatable bonds is 2. The molecule has 6 nitrogen and oxygen atoms in total. The Labute approximate surface area is 144 Å². The molecule has 1 aliphatic heterocycles. The largest absolute Gasteiger partial charge is 0.444 e. The zero-order valence-electron chi connectivity index (χ0n) is 15.3. The molecule has 1 saturated heterocycles. The maximum Gasteiger partial charge on any atom is 0.410 e. The predicted octanol–water partition coefficient (Wildman–Crippen LogP) is 2.79. The van der Waals surface area contributed by atoms with Crippen LogP contribution in [0.25, 0.3) is 0 Å². The smallest absolute Gasteiger partial charge is 0.410 e. The van der Waals surface area contributed by atoms with Crippen molar-refractivity contribution in [3.05, 3.63) is 17.5 Å². The molecular formula is C18H30N4O2. The maximum absolute atomic E-state index is 12.1. The molecule has 1 amide bonds. The molecule has 1 atom stereocenters. The van der Waals surface area contributed by atoms with Gasteiger partial charge < -0.3 is 15.0 Å². The van der Waals surface area contributed by atoms with Crippen molar-refractivity contribution in [3.63, 3.8) is 0 Å². The van der Waals surface area contributed by atoms with Crippen molar-refractivity contribution < 1.29 is 9.53 Å². The van der Waals surface area contributed by atoms with Crippen LogP contribution in [0.1, 0.15) is 63.8 Å². The summed E-state index contributed by atoms with van der Waals surface area (Å²) in [5.41, 5.74) is 2.30. The molecular weight excluding hydrogens is 304 g/mol. The highest BCUT2D eigenvalue weighted by Gasteiger charge is 2.30. The summed E-state index contributed by atoms with van der Waals surface area (Å²) in [5, 5.41) is 8.22. The summed E-state index contributed by atoms with van der Waals surface area (Å²) in [6.45, 7) is 7.26. The Hall–Kier alpha value is -1.56. The van der Waals surface area contributed by atoms with Gasteiger partial charge in [-0.05, 0) is 52.9 Å². The van der Waals surface area contributed by atoms with Crippen LogP contribution in [0, 0.1) is 0 Å². The third-order valence-electron chi connectivity index (χ3n) is 4.96. The Balaban J connectivity index is 1.52. The molecule has 1 aliphatic carbocycles. The van der Waals surface area contributed by atoms with Crippen molar-refractivity contribution >= 4 is 6.09 Å². The van der Waals surface area contributed by atoms with Gasteiger partial charge in [0.2, 0.25) is 0 Å². The van der Waals surface area contributed by atoms with E-state index in [0.29, 0.717) is 12.1 Å². The number of hydrogen-bond donors (Lipinski definition) is 1. The molecule has 1 unspecified atom stereocenters. The maximum atomic E-state index is 12.1. The predicted molar refractivity (Wildman–Crippen MR) is 92.9 cm³/mol. The van der Waals surface area contributed by atoms with E-state index in [0.717, 1.165) is 32.4 Å². The Morgan fingerprint density at radius 2 is 2.00 bits per heavy atom. The van der Waals surface area contributed by atoms with E-state index in [1.165, 1.54) is 24.1 Å². The summed E-state index contributed by atoms with van der Waals surface area (Å²) in [7, 11) is 2.03. The Morgan fingerprint density at radius 3 is 2.67 bits per heavy atom. The first-order valence-corrected chi connectivity index (χ1v) is 9.08. The number of aryl methyl sites for hydroxylation is 1. The molecule has 0 saturated carbocycles. The number of ether oxygens (including phenoxy) is 1. The molecule has 0 bridgehead atoms.